The number of nitrogens with zero attached hydrogens (tertiary/aromatic N) is 1. The van der Waals surface area contributed by atoms with Crippen molar-refractivity contribution in [2.75, 3.05) is 37.9 Å². The molecule has 1 aliphatic rings. The van der Waals surface area contributed by atoms with Gasteiger partial charge < -0.3 is 19.7 Å². The van der Waals surface area contributed by atoms with Gasteiger partial charge in [0.05, 0.1) is 13.2 Å². The Morgan fingerprint density at radius 3 is 2.80 bits per heavy atom. The Labute approximate surface area is 121 Å². The molecular weight excluding hydrogens is 280 g/mol. The van der Waals surface area contributed by atoms with Crippen molar-refractivity contribution in [2.24, 2.45) is 0 Å². The van der Waals surface area contributed by atoms with Crippen LogP contribution in [0.25, 0.3) is 0 Å². The molecule has 1 heterocycles. The molecule has 0 bridgehead atoms. The predicted molar refractivity (Wildman–Crippen MR) is 77.4 cm³/mol. The Hall–Kier alpha value is -1.73. The van der Waals surface area contributed by atoms with Crippen molar-refractivity contribution >= 4 is 28.8 Å². The van der Waals surface area contributed by atoms with Crippen molar-refractivity contribution in [3.05, 3.63) is 24.3 Å². The van der Waals surface area contributed by atoms with Gasteiger partial charge in [-0.1, -0.05) is 17.8 Å². The van der Waals surface area contributed by atoms with E-state index in [0.29, 0.717) is 37.7 Å². The Bertz CT molecular complexity index is 489. The summed E-state index contributed by atoms with van der Waals surface area (Å²) in [6.45, 7) is 2.11. The molecule has 2 amide bonds. The van der Waals surface area contributed by atoms with Gasteiger partial charge in [-0.15, -0.1) is 0 Å². The van der Waals surface area contributed by atoms with E-state index in [1.165, 1.54) is 0 Å². The number of nitrogens with one attached hydrogen (secondary N) is 1. The molecule has 0 saturated carbocycles. The number of hydrogen-bond donors (Lipinski definition) is 1. The molecule has 108 valence electrons. The Kier molecular flexibility index (Phi) is 5.25. The van der Waals surface area contributed by atoms with Crippen LogP contribution in [0.1, 0.15) is 0 Å². The van der Waals surface area contributed by atoms with Gasteiger partial charge in [-0.25, -0.2) is 4.79 Å². The van der Waals surface area contributed by atoms with Crippen molar-refractivity contribution in [1.82, 2.24) is 4.90 Å². The van der Waals surface area contributed by atoms with Crippen molar-refractivity contribution in [3.63, 3.8) is 0 Å². The molecule has 1 aromatic rings. The van der Waals surface area contributed by atoms with Crippen LogP contribution in [0.2, 0.25) is 0 Å². The normalized spacial score (nSPS) is 14.8. The number of carbonyl (C=O) groups is 2. The molecule has 1 fully saturated rings. The quantitative estimate of drug-likeness (QED) is 0.907. The van der Waals surface area contributed by atoms with Crippen LogP contribution in [0.3, 0.4) is 0 Å². The fourth-order valence-electron chi connectivity index (χ4n) is 1.72. The van der Waals surface area contributed by atoms with Gasteiger partial charge in [0.2, 0.25) is 0 Å². The molecule has 0 radical (unpaired) electrons. The minimum Gasteiger partial charge on any atom is -0.410 e. The fraction of sp³-hybridized carbons (Fsp3) is 0.385. The lowest BCUT2D eigenvalue weighted by Crippen LogP contribution is -2.42. The third-order valence-electron chi connectivity index (χ3n) is 2.74. The van der Waals surface area contributed by atoms with E-state index in [9.17, 15) is 9.59 Å². The molecule has 0 aromatic heterocycles. The Balaban J connectivity index is 1.96. The minimum atomic E-state index is -0.401. The summed E-state index contributed by atoms with van der Waals surface area (Å²) in [5.41, 5.74) is 0.594. The maximum absolute atomic E-state index is 11.9. The summed E-state index contributed by atoms with van der Waals surface area (Å²) in [6.07, 6.45) is 1.29. The summed E-state index contributed by atoms with van der Waals surface area (Å²) in [6, 6.07) is 6.75. The van der Waals surface area contributed by atoms with Crippen LogP contribution in [0, 0.1) is 0 Å². The van der Waals surface area contributed by atoms with Crippen LogP contribution in [0.5, 0.6) is 5.75 Å². The van der Waals surface area contributed by atoms with E-state index in [1.807, 2.05) is 0 Å². The average Bonchev–Trinajstić information content (AvgIpc) is 2.48. The number of rotatable bonds is 2. The SMILES string of the molecule is CSC(=O)Nc1cccc(OC(=O)N2CCOCC2)c1. The van der Waals surface area contributed by atoms with E-state index < -0.39 is 6.09 Å². The minimum absolute atomic E-state index is 0.165. The fourth-order valence-corrected chi connectivity index (χ4v) is 1.94. The lowest BCUT2D eigenvalue weighted by Gasteiger charge is -2.25. The van der Waals surface area contributed by atoms with Gasteiger partial charge in [0.1, 0.15) is 5.75 Å². The second kappa shape index (κ2) is 7.16. The highest BCUT2D eigenvalue weighted by Gasteiger charge is 2.18. The zero-order valence-electron chi connectivity index (χ0n) is 11.1. The zero-order valence-corrected chi connectivity index (χ0v) is 11.9. The summed E-state index contributed by atoms with van der Waals surface area (Å²) in [4.78, 5) is 24.8. The number of benzene rings is 1. The Morgan fingerprint density at radius 1 is 1.35 bits per heavy atom. The van der Waals surface area contributed by atoms with Crippen LogP contribution in [-0.4, -0.2) is 48.8 Å². The van der Waals surface area contributed by atoms with Crippen molar-refractivity contribution < 1.29 is 19.1 Å². The lowest BCUT2D eigenvalue weighted by atomic mass is 10.3. The van der Waals surface area contributed by atoms with Gasteiger partial charge >= 0.3 is 6.09 Å². The zero-order chi connectivity index (χ0) is 14.4. The first kappa shape index (κ1) is 14.7. The molecular formula is C13H16N2O4S. The number of morpholine rings is 1. The maximum Gasteiger partial charge on any atom is 0.415 e. The van der Waals surface area contributed by atoms with Gasteiger partial charge in [-0.3, -0.25) is 4.79 Å². The molecule has 0 unspecified atom stereocenters. The number of carbonyl (C=O) groups excluding carboxylic acids is 2. The van der Waals surface area contributed by atoms with E-state index in [4.69, 9.17) is 9.47 Å². The first-order valence-corrected chi connectivity index (χ1v) is 7.41. The monoisotopic (exact) mass is 296 g/mol. The molecule has 20 heavy (non-hydrogen) atoms. The number of hydrogen-bond acceptors (Lipinski definition) is 5. The highest BCUT2D eigenvalue weighted by atomic mass is 32.2. The summed E-state index contributed by atoms with van der Waals surface area (Å²) in [5, 5.41) is 2.52. The van der Waals surface area contributed by atoms with Gasteiger partial charge in [0.25, 0.3) is 5.24 Å². The number of thioether (sulfide) groups is 1. The number of ether oxygens (including phenoxy) is 2. The highest BCUT2D eigenvalue weighted by molar-refractivity contribution is 8.13. The summed E-state index contributed by atoms with van der Waals surface area (Å²) in [7, 11) is 0. The van der Waals surface area contributed by atoms with Crippen molar-refractivity contribution in [2.45, 2.75) is 0 Å². The van der Waals surface area contributed by atoms with Crippen LogP contribution in [0.15, 0.2) is 24.3 Å². The third-order valence-corrected chi connectivity index (χ3v) is 3.21. The molecule has 7 heteroatoms. The van der Waals surface area contributed by atoms with Crippen LogP contribution in [0.4, 0.5) is 15.3 Å². The maximum atomic E-state index is 11.9. The highest BCUT2D eigenvalue weighted by Crippen LogP contribution is 2.19. The van der Waals surface area contributed by atoms with Crippen LogP contribution < -0.4 is 10.1 Å². The summed E-state index contributed by atoms with van der Waals surface area (Å²) in [5.74, 6) is 0.403. The molecule has 1 aromatic carbocycles. The van der Waals surface area contributed by atoms with Crippen LogP contribution in [-0.2, 0) is 4.74 Å². The van der Waals surface area contributed by atoms with E-state index in [1.54, 1.807) is 35.4 Å². The second-order valence-corrected chi connectivity index (χ2v) is 4.89. The molecule has 2 rings (SSSR count). The van der Waals surface area contributed by atoms with E-state index in [-0.39, 0.29) is 5.24 Å². The standard InChI is InChI=1S/C13H16N2O4S/c1-20-12(16)14-10-3-2-4-11(9-10)19-13(17)15-5-7-18-8-6-15/h2-4,9H,5-8H2,1H3,(H,14,16). The van der Waals surface area contributed by atoms with Gasteiger partial charge in [-0.05, 0) is 18.4 Å². The largest absolute Gasteiger partial charge is 0.415 e. The summed E-state index contributed by atoms with van der Waals surface area (Å²) >= 11 is 1.08. The smallest absolute Gasteiger partial charge is 0.410 e. The van der Waals surface area contributed by atoms with Crippen LogP contribution >= 0.6 is 11.8 Å². The van der Waals surface area contributed by atoms with Gasteiger partial charge in [0.15, 0.2) is 0 Å². The van der Waals surface area contributed by atoms with E-state index in [2.05, 4.69) is 5.32 Å². The second-order valence-electron chi connectivity index (χ2n) is 4.11. The Morgan fingerprint density at radius 2 is 2.10 bits per heavy atom. The molecule has 0 aliphatic carbocycles. The molecule has 1 N–H and O–H groups in total. The van der Waals surface area contributed by atoms with Crippen molar-refractivity contribution in [3.8, 4) is 5.75 Å². The topological polar surface area (TPSA) is 67.9 Å². The molecule has 0 atom stereocenters. The number of amides is 2. The van der Waals surface area contributed by atoms with Gasteiger partial charge in [-0.2, -0.15) is 0 Å². The predicted octanol–water partition coefficient (Wildman–Crippen LogP) is 2.41. The third kappa shape index (κ3) is 4.14. The first-order chi connectivity index (χ1) is 9.69. The first-order valence-electron chi connectivity index (χ1n) is 6.18. The lowest BCUT2D eigenvalue weighted by molar-refractivity contribution is 0.0416. The molecule has 0 spiro atoms. The summed E-state index contributed by atoms with van der Waals surface area (Å²) < 4.78 is 10.5. The average molecular weight is 296 g/mol. The van der Waals surface area contributed by atoms with E-state index >= 15 is 0 Å². The molecule has 1 aliphatic heterocycles. The van der Waals surface area contributed by atoms with Gasteiger partial charge in [0, 0.05) is 24.8 Å². The molecule has 1 saturated heterocycles. The van der Waals surface area contributed by atoms with Crippen molar-refractivity contribution in [1.29, 1.82) is 0 Å². The van der Waals surface area contributed by atoms with E-state index in [0.717, 1.165) is 11.8 Å². The molecule has 6 nitrogen and oxygen atoms in total. The number of anilines is 1.